The first-order valence-electron chi connectivity index (χ1n) is 8.26. The maximum absolute atomic E-state index is 12.5. The molecule has 0 unspecified atom stereocenters. The molecule has 24 heavy (non-hydrogen) atoms. The number of pyridine rings is 1. The minimum Gasteiger partial charge on any atom is -0.341 e. The largest absolute Gasteiger partial charge is 0.341 e. The van der Waals surface area contributed by atoms with Crippen molar-refractivity contribution in [2.24, 2.45) is 0 Å². The number of carbonyl (C=O) groups excluding carboxylic acids is 1. The Hall–Kier alpha value is -2.34. The number of amides is 1. The molecular weight excluding hydrogens is 302 g/mol. The SMILES string of the molecule is Cc1ccnc([C@@H]2CCN(C(=O)CN(C)Cc3cccnc3)C2)n1. The Kier molecular flexibility index (Phi) is 5.15. The van der Waals surface area contributed by atoms with Crippen molar-refractivity contribution in [3.8, 4) is 0 Å². The molecule has 6 heteroatoms. The molecule has 6 nitrogen and oxygen atoms in total. The van der Waals surface area contributed by atoms with Crippen LogP contribution in [0.15, 0.2) is 36.8 Å². The van der Waals surface area contributed by atoms with Crippen LogP contribution in [-0.4, -0.2) is 57.3 Å². The van der Waals surface area contributed by atoms with Crippen LogP contribution in [0.4, 0.5) is 0 Å². The van der Waals surface area contributed by atoms with Crippen LogP contribution in [0, 0.1) is 6.92 Å². The highest BCUT2D eigenvalue weighted by Gasteiger charge is 2.29. The number of hydrogen-bond donors (Lipinski definition) is 0. The zero-order valence-corrected chi connectivity index (χ0v) is 14.2. The zero-order valence-electron chi connectivity index (χ0n) is 14.2. The monoisotopic (exact) mass is 325 g/mol. The Balaban J connectivity index is 1.53. The van der Waals surface area contributed by atoms with E-state index in [4.69, 9.17) is 0 Å². The van der Waals surface area contributed by atoms with Crippen LogP contribution in [0.5, 0.6) is 0 Å². The number of hydrogen-bond acceptors (Lipinski definition) is 5. The van der Waals surface area contributed by atoms with Crippen LogP contribution < -0.4 is 0 Å². The Bertz CT molecular complexity index is 691. The van der Waals surface area contributed by atoms with Crippen molar-refractivity contribution in [1.82, 2.24) is 24.8 Å². The highest BCUT2D eigenvalue weighted by atomic mass is 16.2. The predicted molar refractivity (Wildman–Crippen MR) is 91.3 cm³/mol. The molecule has 1 atom stereocenters. The number of carbonyl (C=O) groups is 1. The van der Waals surface area contributed by atoms with Crippen LogP contribution in [0.1, 0.15) is 29.4 Å². The molecule has 0 saturated carbocycles. The summed E-state index contributed by atoms with van der Waals surface area (Å²) in [6, 6.07) is 5.83. The van der Waals surface area contributed by atoms with Crippen LogP contribution >= 0.6 is 0 Å². The van der Waals surface area contributed by atoms with Crippen molar-refractivity contribution in [1.29, 1.82) is 0 Å². The molecule has 0 radical (unpaired) electrons. The summed E-state index contributed by atoms with van der Waals surface area (Å²) < 4.78 is 0. The van der Waals surface area contributed by atoms with Gasteiger partial charge in [0.05, 0.1) is 6.54 Å². The average molecular weight is 325 g/mol. The Morgan fingerprint density at radius 2 is 2.25 bits per heavy atom. The van der Waals surface area contributed by atoms with Gasteiger partial charge in [-0.05, 0) is 38.1 Å². The minimum absolute atomic E-state index is 0.163. The van der Waals surface area contributed by atoms with Crippen molar-refractivity contribution in [2.75, 3.05) is 26.7 Å². The molecule has 3 heterocycles. The van der Waals surface area contributed by atoms with E-state index in [0.29, 0.717) is 13.1 Å². The number of nitrogens with zero attached hydrogens (tertiary/aromatic N) is 5. The summed E-state index contributed by atoms with van der Waals surface area (Å²) in [6.07, 6.45) is 6.32. The van der Waals surface area contributed by atoms with Crippen molar-refractivity contribution < 1.29 is 4.79 Å². The predicted octanol–water partition coefficient (Wildman–Crippen LogP) is 1.63. The molecule has 2 aromatic rings. The van der Waals surface area contributed by atoms with Gasteiger partial charge in [-0.15, -0.1) is 0 Å². The third kappa shape index (κ3) is 4.14. The number of aromatic nitrogens is 3. The fraction of sp³-hybridized carbons (Fsp3) is 0.444. The molecule has 0 aromatic carbocycles. The molecule has 0 spiro atoms. The second kappa shape index (κ2) is 7.49. The molecule has 1 aliphatic heterocycles. The van der Waals surface area contributed by atoms with Gasteiger partial charge in [-0.25, -0.2) is 9.97 Å². The molecule has 1 aliphatic rings. The fourth-order valence-electron chi connectivity index (χ4n) is 3.05. The van der Waals surface area contributed by atoms with Gasteiger partial charge in [0.1, 0.15) is 5.82 Å². The Morgan fingerprint density at radius 1 is 1.38 bits per heavy atom. The van der Waals surface area contributed by atoms with Crippen LogP contribution in [0.3, 0.4) is 0 Å². The Morgan fingerprint density at radius 3 is 3.00 bits per heavy atom. The van der Waals surface area contributed by atoms with E-state index < -0.39 is 0 Å². The van der Waals surface area contributed by atoms with Gasteiger partial charge in [0, 0.05) is 49.8 Å². The summed E-state index contributed by atoms with van der Waals surface area (Å²) >= 11 is 0. The van der Waals surface area contributed by atoms with Crippen molar-refractivity contribution in [2.45, 2.75) is 25.8 Å². The molecule has 1 amide bonds. The first kappa shape index (κ1) is 16.5. The molecule has 1 saturated heterocycles. The lowest BCUT2D eigenvalue weighted by molar-refractivity contribution is -0.131. The molecule has 0 bridgehead atoms. The zero-order chi connectivity index (χ0) is 16.9. The molecule has 126 valence electrons. The molecule has 0 N–H and O–H groups in total. The van der Waals surface area contributed by atoms with Gasteiger partial charge in [-0.1, -0.05) is 6.07 Å². The molecule has 1 fully saturated rings. The van der Waals surface area contributed by atoms with Crippen molar-refractivity contribution >= 4 is 5.91 Å². The van der Waals surface area contributed by atoms with E-state index >= 15 is 0 Å². The fourth-order valence-corrected chi connectivity index (χ4v) is 3.05. The van der Waals surface area contributed by atoms with Gasteiger partial charge in [0.15, 0.2) is 0 Å². The maximum atomic E-state index is 12.5. The topological polar surface area (TPSA) is 62.2 Å². The average Bonchev–Trinajstić information content (AvgIpc) is 3.06. The third-order valence-corrected chi connectivity index (χ3v) is 4.30. The van der Waals surface area contributed by atoms with E-state index in [1.54, 1.807) is 12.4 Å². The first-order valence-corrected chi connectivity index (χ1v) is 8.26. The Labute approximate surface area is 142 Å². The van der Waals surface area contributed by atoms with E-state index in [1.165, 1.54) is 0 Å². The summed E-state index contributed by atoms with van der Waals surface area (Å²) in [6.45, 7) is 4.59. The van der Waals surface area contributed by atoms with Crippen molar-refractivity contribution in [3.05, 3.63) is 53.9 Å². The number of likely N-dealkylation sites (N-methyl/N-ethyl adjacent to an activating group) is 1. The quantitative estimate of drug-likeness (QED) is 0.836. The van der Waals surface area contributed by atoms with E-state index in [0.717, 1.165) is 36.6 Å². The van der Waals surface area contributed by atoms with Crippen LogP contribution in [0.2, 0.25) is 0 Å². The maximum Gasteiger partial charge on any atom is 0.236 e. The van der Waals surface area contributed by atoms with E-state index in [9.17, 15) is 4.79 Å². The standard InChI is InChI=1S/C18H23N5O/c1-14-5-8-20-18(21-14)16-6-9-23(12-16)17(24)13-22(2)11-15-4-3-7-19-10-15/h3-5,7-8,10,16H,6,9,11-13H2,1-2H3/t16-/m1/s1. The van der Waals surface area contributed by atoms with Gasteiger partial charge < -0.3 is 4.90 Å². The summed E-state index contributed by atoms with van der Waals surface area (Å²) in [5.41, 5.74) is 2.08. The second-order valence-electron chi connectivity index (χ2n) is 6.42. The van der Waals surface area contributed by atoms with Gasteiger partial charge >= 0.3 is 0 Å². The highest BCUT2D eigenvalue weighted by Crippen LogP contribution is 2.24. The smallest absolute Gasteiger partial charge is 0.236 e. The normalized spacial score (nSPS) is 17.5. The molecular formula is C18H23N5O. The van der Waals surface area contributed by atoms with Gasteiger partial charge in [-0.3, -0.25) is 14.7 Å². The minimum atomic E-state index is 0.163. The molecule has 2 aromatic heterocycles. The highest BCUT2D eigenvalue weighted by molar-refractivity contribution is 5.78. The van der Waals surface area contributed by atoms with Crippen LogP contribution in [0.25, 0.3) is 0 Å². The van der Waals surface area contributed by atoms with E-state index in [1.807, 2.05) is 48.2 Å². The van der Waals surface area contributed by atoms with Crippen molar-refractivity contribution in [3.63, 3.8) is 0 Å². The lowest BCUT2D eigenvalue weighted by Crippen LogP contribution is -2.37. The van der Waals surface area contributed by atoms with Gasteiger partial charge in [-0.2, -0.15) is 0 Å². The van der Waals surface area contributed by atoms with Gasteiger partial charge in [0.25, 0.3) is 0 Å². The molecule has 3 rings (SSSR count). The number of aryl methyl sites for hydroxylation is 1. The number of likely N-dealkylation sites (tertiary alicyclic amines) is 1. The van der Waals surface area contributed by atoms with Gasteiger partial charge in [0.2, 0.25) is 5.91 Å². The summed E-state index contributed by atoms with van der Waals surface area (Å²) in [4.78, 5) is 29.4. The summed E-state index contributed by atoms with van der Waals surface area (Å²) in [5, 5.41) is 0. The first-order chi connectivity index (χ1) is 11.6. The second-order valence-corrected chi connectivity index (χ2v) is 6.42. The third-order valence-electron chi connectivity index (χ3n) is 4.30. The van der Waals surface area contributed by atoms with Crippen LogP contribution in [-0.2, 0) is 11.3 Å². The summed E-state index contributed by atoms with van der Waals surface area (Å²) in [5.74, 6) is 1.27. The number of rotatable bonds is 5. The molecule has 0 aliphatic carbocycles. The van der Waals surface area contributed by atoms with E-state index in [-0.39, 0.29) is 11.8 Å². The van der Waals surface area contributed by atoms with E-state index in [2.05, 4.69) is 15.0 Å². The lowest BCUT2D eigenvalue weighted by atomic mass is 10.1. The lowest BCUT2D eigenvalue weighted by Gasteiger charge is -2.21. The summed E-state index contributed by atoms with van der Waals surface area (Å²) in [7, 11) is 1.96.